The molecule has 0 N–H and O–H groups in total. The van der Waals surface area contributed by atoms with Crippen LogP contribution in [0, 0.1) is 0 Å². The first-order valence-corrected chi connectivity index (χ1v) is 9.95. The van der Waals surface area contributed by atoms with Crippen molar-refractivity contribution in [3.63, 3.8) is 0 Å². The molecule has 5 heteroatoms. The van der Waals surface area contributed by atoms with Gasteiger partial charge >= 0.3 is 0 Å². The summed E-state index contributed by atoms with van der Waals surface area (Å²) >= 11 is 0. The summed E-state index contributed by atoms with van der Waals surface area (Å²) < 4.78 is 35.1. The summed E-state index contributed by atoms with van der Waals surface area (Å²) in [5, 5.41) is 0. The lowest BCUT2D eigenvalue weighted by Crippen LogP contribution is -2.40. The van der Waals surface area contributed by atoms with Crippen LogP contribution in [0.15, 0.2) is 54.6 Å². The Kier molecular flexibility index (Phi) is 4.92. The van der Waals surface area contributed by atoms with Crippen LogP contribution < -0.4 is 4.74 Å². The van der Waals surface area contributed by atoms with Gasteiger partial charge in [0.2, 0.25) is 0 Å². The Morgan fingerprint density at radius 1 is 1.00 bits per heavy atom. The highest BCUT2D eigenvalue weighted by atomic mass is 32.2. The molecular formula is C19H22O4S. The van der Waals surface area contributed by atoms with Crippen molar-refractivity contribution in [2.75, 3.05) is 19.5 Å². The minimum atomic E-state index is -3.23. The zero-order valence-corrected chi connectivity index (χ0v) is 14.6. The third kappa shape index (κ3) is 3.47. The molecule has 0 amide bonds. The van der Waals surface area contributed by atoms with E-state index < -0.39 is 14.6 Å². The van der Waals surface area contributed by atoms with Gasteiger partial charge in [-0.2, -0.15) is 0 Å². The topological polar surface area (TPSA) is 52.6 Å². The molecule has 0 aromatic heterocycles. The van der Waals surface area contributed by atoms with Crippen LogP contribution in [0.5, 0.6) is 5.75 Å². The van der Waals surface area contributed by atoms with Gasteiger partial charge in [0.25, 0.3) is 0 Å². The van der Waals surface area contributed by atoms with Crippen molar-refractivity contribution in [3.8, 4) is 5.75 Å². The van der Waals surface area contributed by atoms with Crippen LogP contribution in [-0.2, 0) is 25.9 Å². The van der Waals surface area contributed by atoms with E-state index in [9.17, 15) is 8.42 Å². The smallest absolute Gasteiger partial charge is 0.157 e. The summed E-state index contributed by atoms with van der Waals surface area (Å²) in [4.78, 5) is 0. The molecule has 0 spiro atoms. The molecule has 3 rings (SSSR count). The normalized spacial score (nSPS) is 17.4. The standard InChI is InChI=1S/C19H22O4S/c1-24(20,21)19(11-13-22-14-12-19)17-7-9-18(10-8-17)23-15-16-5-3-2-4-6-16/h2-10H,11-15H2,1H3. The number of benzene rings is 2. The largest absolute Gasteiger partial charge is 0.489 e. The Balaban J connectivity index is 1.77. The van der Waals surface area contributed by atoms with E-state index in [2.05, 4.69) is 0 Å². The van der Waals surface area contributed by atoms with Crippen LogP contribution in [0.1, 0.15) is 24.0 Å². The number of rotatable bonds is 5. The first-order chi connectivity index (χ1) is 11.5. The summed E-state index contributed by atoms with van der Waals surface area (Å²) in [6.07, 6.45) is 2.31. The minimum absolute atomic E-state index is 0.472. The maximum absolute atomic E-state index is 12.4. The molecule has 0 unspecified atom stereocenters. The van der Waals surface area contributed by atoms with Crippen LogP contribution in [0.2, 0.25) is 0 Å². The summed E-state index contributed by atoms with van der Waals surface area (Å²) in [6, 6.07) is 17.4. The summed E-state index contributed by atoms with van der Waals surface area (Å²) in [5.41, 5.74) is 1.92. The molecule has 0 radical (unpaired) electrons. The van der Waals surface area contributed by atoms with Gasteiger partial charge in [0.1, 0.15) is 17.1 Å². The number of ether oxygens (including phenoxy) is 2. The van der Waals surface area contributed by atoms with Crippen LogP contribution >= 0.6 is 0 Å². The lowest BCUT2D eigenvalue weighted by Gasteiger charge is -2.35. The van der Waals surface area contributed by atoms with Gasteiger partial charge in [0.15, 0.2) is 9.84 Å². The van der Waals surface area contributed by atoms with Crippen LogP contribution in [0.25, 0.3) is 0 Å². The van der Waals surface area contributed by atoms with E-state index in [1.165, 1.54) is 6.26 Å². The molecule has 4 nitrogen and oxygen atoms in total. The molecule has 0 atom stereocenters. The lowest BCUT2D eigenvalue weighted by molar-refractivity contribution is 0.0742. The van der Waals surface area contributed by atoms with Gasteiger partial charge in [-0.25, -0.2) is 8.42 Å². The van der Waals surface area contributed by atoms with E-state index in [4.69, 9.17) is 9.47 Å². The molecule has 2 aromatic rings. The van der Waals surface area contributed by atoms with E-state index in [-0.39, 0.29) is 0 Å². The maximum Gasteiger partial charge on any atom is 0.157 e. The summed E-state index contributed by atoms with van der Waals surface area (Å²) in [7, 11) is -3.23. The van der Waals surface area contributed by atoms with Gasteiger partial charge in [-0.1, -0.05) is 42.5 Å². The Hall–Kier alpha value is -1.85. The van der Waals surface area contributed by atoms with Crippen LogP contribution in [0.3, 0.4) is 0 Å². The summed E-state index contributed by atoms with van der Waals surface area (Å²) in [6.45, 7) is 1.43. The summed E-state index contributed by atoms with van der Waals surface area (Å²) in [5.74, 6) is 0.735. The highest BCUT2D eigenvalue weighted by molar-refractivity contribution is 7.91. The molecule has 0 aliphatic carbocycles. The molecule has 1 saturated heterocycles. The van der Waals surface area contributed by atoms with Gasteiger partial charge in [0.05, 0.1) is 0 Å². The predicted octanol–water partition coefficient (Wildman–Crippen LogP) is 3.32. The van der Waals surface area contributed by atoms with E-state index in [1.807, 2.05) is 54.6 Å². The fourth-order valence-electron chi connectivity index (χ4n) is 3.17. The Morgan fingerprint density at radius 2 is 1.62 bits per heavy atom. The van der Waals surface area contributed by atoms with E-state index >= 15 is 0 Å². The van der Waals surface area contributed by atoms with Gasteiger partial charge in [-0.3, -0.25) is 0 Å². The first-order valence-electron chi connectivity index (χ1n) is 8.06. The lowest BCUT2D eigenvalue weighted by atomic mass is 9.90. The van der Waals surface area contributed by atoms with Crippen LogP contribution in [-0.4, -0.2) is 27.9 Å². The SMILES string of the molecule is CS(=O)(=O)C1(c2ccc(OCc3ccccc3)cc2)CCOCC1. The molecule has 1 fully saturated rings. The molecule has 0 bridgehead atoms. The minimum Gasteiger partial charge on any atom is -0.489 e. The molecule has 1 aliphatic rings. The fourth-order valence-corrected chi connectivity index (χ4v) is 4.64. The molecule has 1 aliphatic heterocycles. The highest BCUT2D eigenvalue weighted by Crippen LogP contribution is 2.40. The van der Waals surface area contributed by atoms with Gasteiger partial charge in [-0.05, 0) is 36.1 Å². The number of hydrogen-bond acceptors (Lipinski definition) is 4. The highest BCUT2D eigenvalue weighted by Gasteiger charge is 2.43. The maximum atomic E-state index is 12.4. The zero-order valence-electron chi connectivity index (χ0n) is 13.8. The second-order valence-electron chi connectivity index (χ2n) is 6.18. The van der Waals surface area contributed by atoms with E-state index in [0.717, 1.165) is 16.9 Å². The second-order valence-corrected chi connectivity index (χ2v) is 8.50. The van der Waals surface area contributed by atoms with E-state index in [1.54, 1.807) is 0 Å². The average molecular weight is 346 g/mol. The van der Waals surface area contributed by atoms with Crippen molar-refractivity contribution in [2.24, 2.45) is 0 Å². The molecule has 1 heterocycles. The van der Waals surface area contributed by atoms with Crippen molar-refractivity contribution in [1.82, 2.24) is 0 Å². The molecule has 0 saturated carbocycles. The fraction of sp³-hybridized carbons (Fsp3) is 0.368. The van der Waals surface area contributed by atoms with Crippen molar-refractivity contribution in [3.05, 3.63) is 65.7 Å². The van der Waals surface area contributed by atoms with E-state index in [0.29, 0.717) is 32.7 Å². The molecule has 24 heavy (non-hydrogen) atoms. The zero-order chi connectivity index (χ0) is 17.0. The Bertz CT molecular complexity index is 761. The molecular weight excluding hydrogens is 324 g/mol. The third-order valence-corrected chi connectivity index (χ3v) is 6.70. The number of sulfone groups is 1. The van der Waals surface area contributed by atoms with Gasteiger partial charge < -0.3 is 9.47 Å². The van der Waals surface area contributed by atoms with Crippen molar-refractivity contribution in [2.45, 2.75) is 24.2 Å². The van der Waals surface area contributed by atoms with Crippen molar-refractivity contribution >= 4 is 9.84 Å². The van der Waals surface area contributed by atoms with Crippen molar-refractivity contribution in [1.29, 1.82) is 0 Å². The first kappa shape index (κ1) is 17.0. The Morgan fingerprint density at radius 3 is 2.21 bits per heavy atom. The molecule has 128 valence electrons. The van der Waals surface area contributed by atoms with Crippen molar-refractivity contribution < 1.29 is 17.9 Å². The van der Waals surface area contributed by atoms with Crippen LogP contribution in [0.4, 0.5) is 0 Å². The third-order valence-electron chi connectivity index (χ3n) is 4.64. The number of hydrogen-bond donors (Lipinski definition) is 0. The quantitative estimate of drug-likeness (QED) is 0.833. The molecule has 2 aromatic carbocycles. The Labute approximate surface area is 143 Å². The van der Waals surface area contributed by atoms with Gasteiger partial charge in [-0.15, -0.1) is 0 Å². The monoisotopic (exact) mass is 346 g/mol. The second kappa shape index (κ2) is 6.95. The van der Waals surface area contributed by atoms with Gasteiger partial charge in [0, 0.05) is 19.5 Å². The predicted molar refractivity (Wildman–Crippen MR) is 93.8 cm³/mol. The average Bonchev–Trinajstić information content (AvgIpc) is 2.61.